The molecule has 3 aromatic rings. The van der Waals surface area contributed by atoms with Gasteiger partial charge in [-0.25, -0.2) is 5.48 Å². The van der Waals surface area contributed by atoms with Crippen LogP contribution in [0.3, 0.4) is 0 Å². The maximum Gasteiger partial charge on any atom is 0.297 e. The lowest BCUT2D eigenvalue weighted by molar-refractivity contribution is -0.117. The predicted octanol–water partition coefficient (Wildman–Crippen LogP) is 1.49. The zero-order chi connectivity index (χ0) is 23.4. The molecule has 4 rings (SSSR count). The van der Waals surface area contributed by atoms with Crippen molar-refractivity contribution in [2.24, 2.45) is 5.92 Å². The van der Waals surface area contributed by atoms with Crippen molar-refractivity contribution in [3.8, 4) is 17.1 Å². The highest BCUT2D eigenvalue weighted by molar-refractivity contribution is 5.99. The number of nitrogens with one attached hydrogen (secondary N) is 3. The van der Waals surface area contributed by atoms with E-state index in [9.17, 15) is 14.4 Å². The Balaban J connectivity index is 1.69. The molecule has 13 nitrogen and oxygen atoms in total. The molecule has 1 aromatic carbocycles. The summed E-state index contributed by atoms with van der Waals surface area (Å²) in [5, 5.41) is 26.3. The van der Waals surface area contributed by atoms with Crippen LogP contribution in [0.1, 0.15) is 29.2 Å². The molecule has 13 heteroatoms. The molecule has 0 radical (unpaired) electrons. The average Bonchev–Trinajstić information content (AvgIpc) is 3.58. The van der Waals surface area contributed by atoms with Crippen LogP contribution < -0.4 is 20.9 Å². The molecule has 1 saturated carbocycles. The lowest BCUT2D eigenvalue weighted by atomic mass is 10.1. The number of aldehydes is 1. The van der Waals surface area contributed by atoms with E-state index < -0.39 is 5.91 Å². The van der Waals surface area contributed by atoms with Crippen LogP contribution in [-0.4, -0.2) is 50.8 Å². The van der Waals surface area contributed by atoms with Gasteiger partial charge in [-0.2, -0.15) is 4.98 Å². The lowest BCUT2D eigenvalue weighted by Crippen LogP contribution is -2.23. The highest BCUT2D eigenvalue weighted by Gasteiger charge is 2.30. The van der Waals surface area contributed by atoms with Gasteiger partial charge < -0.3 is 24.7 Å². The molecule has 33 heavy (non-hydrogen) atoms. The van der Waals surface area contributed by atoms with Crippen LogP contribution in [0, 0.1) is 5.92 Å². The van der Waals surface area contributed by atoms with Gasteiger partial charge in [0.15, 0.2) is 17.3 Å². The molecule has 4 N–H and O–H groups in total. The van der Waals surface area contributed by atoms with E-state index in [1.807, 2.05) is 0 Å². The second-order valence-corrected chi connectivity index (χ2v) is 7.09. The number of carbonyl (C=O) groups excluding carboxylic acids is 3. The van der Waals surface area contributed by atoms with Gasteiger partial charge in [0.05, 0.1) is 30.5 Å². The number of para-hydroxylation sites is 1. The summed E-state index contributed by atoms with van der Waals surface area (Å²) in [7, 11) is 1.43. The topological polar surface area (TPSA) is 181 Å². The zero-order valence-corrected chi connectivity index (χ0v) is 17.4. The second kappa shape index (κ2) is 9.40. The van der Waals surface area contributed by atoms with E-state index in [1.54, 1.807) is 18.2 Å². The molecule has 2 heterocycles. The first-order valence-corrected chi connectivity index (χ1v) is 9.87. The number of carbonyl (C=O) groups is 3. The van der Waals surface area contributed by atoms with Gasteiger partial charge in [0.2, 0.25) is 17.6 Å². The number of rotatable bonds is 9. The highest BCUT2D eigenvalue weighted by Crippen LogP contribution is 2.37. The minimum atomic E-state index is -0.906. The van der Waals surface area contributed by atoms with E-state index in [2.05, 4.69) is 31.0 Å². The lowest BCUT2D eigenvalue weighted by Gasteiger charge is -2.15. The number of hydrogen-bond donors (Lipinski definition) is 4. The first kappa shape index (κ1) is 21.8. The minimum absolute atomic E-state index is 0.0229. The molecule has 1 aliphatic rings. The maximum absolute atomic E-state index is 12.1. The third kappa shape index (κ3) is 4.77. The van der Waals surface area contributed by atoms with Crippen LogP contribution >= 0.6 is 0 Å². The van der Waals surface area contributed by atoms with E-state index >= 15 is 0 Å². The maximum atomic E-state index is 12.1. The van der Waals surface area contributed by atoms with Crippen LogP contribution in [0.25, 0.3) is 11.4 Å². The molecule has 1 fully saturated rings. The van der Waals surface area contributed by atoms with Crippen molar-refractivity contribution in [2.75, 3.05) is 17.7 Å². The van der Waals surface area contributed by atoms with Gasteiger partial charge in [-0.3, -0.25) is 14.8 Å². The molecule has 0 aliphatic heterocycles. The third-order valence-corrected chi connectivity index (χ3v) is 4.77. The normalized spacial score (nSPS) is 12.7. The second-order valence-electron chi connectivity index (χ2n) is 7.09. The Kier molecular flexibility index (Phi) is 6.22. The number of anilines is 3. The van der Waals surface area contributed by atoms with Gasteiger partial charge in [-0.1, -0.05) is 11.2 Å². The minimum Gasteiger partial charge on any atom is -0.494 e. The quantitative estimate of drug-likeness (QED) is 0.209. The number of methoxy groups -OCH3 is 1. The van der Waals surface area contributed by atoms with Gasteiger partial charge in [0.25, 0.3) is 5.91 Å². The molecule has 0 spiro atoms. The largest absolute Gasteiger partial charge is 0.494 e. The van der Waals surface area contributed by atoms with Crippen molar-refractivity contribution in [3.63, 3.8) is 0 Å². The summed E-state index contributed by atoms with van der Waals surface area (Å²) in [6.45, 7) is 0. The first-order chi connectivity index (χ1) is 16.0. The fourth-order valence-electron chi connectivity index (χ4n) is 3.04. The molecule has 170 valence electrons. The first-order valence-electron chi connectivity index (χ1n) is 9.87. The summed E-state index contributed by atoms with van der Waals surface area (Å²) >= 11 is 0. The molecule has 2 amide bonds. The van der Waals surface area contributed by atoms with Crippen LogP contribution in [0.4, 0.5) is 17.2 Å². The Morgan fingerprint density at radius 1 is 1.27 bits per heavy atom. The number of hydrogen-bond acceptors (Lipinski definition) is 11. The SMILES string of the molecule is COc1c(Nc2cc(NC(=O)C3CC3)nnc2C(=O)NO)cccc1-c1noc(CC=O)n1. The van der Waals surface area contributed by atoms with Crippen LogP contribution in [-0.2, 0) is 16.0 Å². The van der Waals surface area contributed by atoms with Gasteiger partial charge in [-0.15, -0.1) is 10.2 Å². The summed E-state index contributed by atoms with van der Waals surface area (Å²) < 4.78 is 10.6. The number of ether oxygens (including phenoxy) is 1. The highest BCUT2D eigenvalue weighted by atomic mass is 16.5. The Labute approximate surface area is 186 Å². The zero-order valence-electron chi connectivity index (χ0n) is 17.4. The average molecular weight is 453 g/mol. The number of hydroxylamine groups is 1. The smallest absolute Gasteiger partial charge is 0.297 e. The van der Waals surface area contributed by atoms with Crippen molar-refractivity contribution < 1.29 is 28.9 Å². The molecular formula is C20H19N7O6. The van der Waals surface area contributed by atoms with Crippen LogP contribution in [0.15, 0.2) is 28.8 Å². The van der Waals surface area contributed by atoms with E-state index in [1.165, 1.54) is 18.7 Å². The molecule has 0 bridgehead atoms. The van der Waals surface area contributed by atoms with Gasteiger partial charge in [0.1, 0.15) is 6.29 Å². The monoisotopic (exact) mass is 453 g/mol. The summed E-state index contributed by atoms with van der Waals surface area (Å²) in [5.41, 5.74) is 2.30. The van der Waals surface area contributed by atoms with Gasteiger partial charge >= 0.3 is 0 Å². The Morgan fingerprint density at radius 2 is 2.09 bits per heavy atom. The van der Waals surface area contributed by atoms with Gasteiger partial charge in [0, 0.05) is 12.0 Å². The Bertz CT molecular complexity index is 1210. The van der Waals surface area contributed by atoms with E-state index in [-0.39, 0.29) is 47.2 Å². The fourth-order valence-corrected chi connectivity index (χ4v) is 3.04. The van der Waals surface area contributed by atoms with Crippen molar-refractivity contribution in [1.29, 1.82) is 0 Å². The van der Waals surface area contributed by atoms with Crippen LogP contribution in [0.2, 0.25) is 0 Å². The van der Waals surface area contributed by atoms with Gasteiger partial charge in [-0.05, 0) is 25.0 Å². The molecule has 1 aliphatic carbocycles. The molecule has 0 saturated heterocycles. The summed E-state index contributed by atoms with van der Waals surface area (Å²) in [6, 6.07) is 6.46. The molecule has 2 aromatic heterocycles. The van der Waals surface area contributed by atoms with Crippen molar-refractivity contribution >= 4 is 35.3 Å². The Morgan fingerprint density at radius 3 is 2.79 bits per heavy atom. The number of aromatic nitrogens is 4. The predicted molar refractivity (Wildman–Crippen MR) is 112 cm³/mol. The van der Waals surface area contributed by atoms with E-state index in [4.69, 9.17) is 14.5 Å². The fraction of sp³-hybridized carbons (Fsp3) is 0.250. The summed E-state index contributed by atoms with van der Waals surface area (Å²) in [6.07, 6.45) is 2.25. The number of nitrogens with zero attached hydrogens (tertiary/aromatic N) is 4. The third-order valence-electron chi connectivity index (χ3n) is 4.77. The van der Waals surface area contributed by atoms with Crippen molar-refractivity contribution in [3.05, 3.63) is 35.9 Å². The Hall–Kier alpha value is -4.39. The standard InChI is InChI=1S/C20H19N7O6/c1-32-17-11(18-23-15(7-8-28)33-27-18)3-2-4-12(17)21-13-9-14(22-19(29)10-5-6-10)24-25-16(13)20(30)26-31/h2-4,8-10,31H,5-7H2,1H3,(H,26,30)(H2,21,22,24,29). The van der Waals surface area contributed by atoms with E-state index in [0.717, 1.165) is 12.8 Å². The summed E-state index contributed by atoms with van der Waals surface area (Å²) in [5.74, 6) is -0.348. The molecule has 0 unspecified atom stereocenters. The van der Waals surface area contributed by atoms with Crippen molar-refractivity contribution in [2.45, 2.75) is 19.3 Å². The summed E-state index contributed by atoms with van der Waals surface area (Å²) in [4.78, 5) is 39.1. The molecule has 0 atom stereocenters. The van der Waals surface area contributed by atoms with Crippen molar-refractivity contribution in [1.82, 2.24) is 25.8 Å². The van der Waals surface area contributed by atoms with E-state index in [0.29, 0.717) is 23.3 Å². The number of amides is 2. The number of benzene rings is 1. The molecular weight excluding hydrogens is 434 g/mol. The van der Waals surface area contributed by atoms with Crippen LogP contribution in [0.5, 0.6) is 5.75 Å².